The van der Waals surface area contributed by atoms with Gasteiger partial charge in [-0.2, -0.15) is 0 Å². The number of methoxy groups -OCH3 is 1. The standard InChI is InChI=1S/C22H22N2O6/c1-11-18(28-2)15-7-12(9-25)23-16(17(15)20-19(11)29-10-30-20)8-24-21(26)13-5-3-4-6-14(13)22(24)27/h3-6,12,16,23,25H,7-10H2,1-2H3/t12-,16-/m1/s1. The SMILES string of the molecule is COc1c(C)c2c(c3c1C[C@H](CO)N[C@@H]3CN1C(=O)c3ccccc3C1=O)OCO2. The molecule has 2 atom stereocenters. The van der Waals surface area contributed by atoms with Crippen LogP contribution in [0.25, 0.3) is 0 Å². The molecule has 0 aromatic heterocycles. The molecule has 30 heavy (non-hydrogen) atoms. The van der Waals surface area contributed by atoms with Gasteiger partial charge in [0.1, 0.15) is 5.75 Å². The molecule has 0 radical (unpaired) electrons. The number of fused-ring (bicyclic) bond motifs is 4. The number of amides is 2. The zero-order chi connectivity index (χ0) is 21.0. The number of nitrogens with one attached hydrogen (secondary N) is 1. The van der Waals surface area contributed by atoms with Crippen molar-refractivity contribution in [3.05, 3.63) is 52.1 Å². The van der Waals surface area contributed by atoms with Crippen molar-refractivity contribution in [1.82, 2.24) is 10.2 Å². The van der Waals surface area contributed by atoms with Gasteiger partial charge in [-0.25, -0.2) is 0 Å². The molecule has 2 amide bonds. The Morgan fingerprint density at radius 3 is 2.47 bits per heavy atom. The molecule has 8 nitrogen and oxygen atoms in total. The Balaban J connectivity index is 1.59. The highest BCUT2D eigenvalue weighted by molar-refractivity contribution is 6.21. The molecular formula is C22H22N2O6. The molecule has 0 aliphatic carbocycles. The topological polar surface area (TPSA) is 97.3 Å². The van der Waals surface area contributed by atoms with E-state index in [1.807, 2.05) is 6.92 Å². The van der Waals surface area contributed by atoms with Crippen molar-refractivity contribution in [1.29, 1.82) is 0 Å². The second kappa shape index (κ2) is 7.00. The average molecular weight is 410 g/mol. The fraction of sp³-hybridized carbons (Fsp3) is 0.364. The highest BCUT2D eigenvalue weighted by Gasteiger charge is 2.42. The molecule has 3 aliphatic rings. The smallest absolute Gasteiger partial charge is 0.261 e. The zero-order valence-corrected chi connectivity index (χ0v) is 16.7. The van der Waals surface area contributed by atoms with Gasteiger partial charge in [-0.15, -0.1) is 0 Å². The van der Waals surface area contributed by atoms with Gasteiger partial charge in [-0.3, -0.25) is 14.5 Å². The highest BCUT2D eigenvalue weighted by Crippen LogP contribution is 2.50. The van der Waals surface area contributed by atoms with E-state index in [1.54, 1.807) is 31.4 Å². The fourth-order valence-electron chi connectivity index (χ4n) is 4.72. The highest BCUT2D eigenvalue weighted by atomic mass is 16.7. The lowest BCUT2D eigenvalue weighted by Gasteiger charge is -2.36. The second-order valence-electron chi connectivity index (χ2n) is 7.68. The third-order valence-corrected chi connectivity index (χ3v) is 6.04. The lowest BCUT2D eigenvalue weighted by atomic mass is 9.86. The fourth-order valence-corrected chi connectivity index (χ4v) is 4.72. The van der Waals surface area contributed by atoms with E-state index in [9.17, 15) is 14.7 Å². The van der Waals surface area contributed by atoms with Crippen molar-refractivity contribution >= 4 is 11.8 Å². The molecule has 2 aromatic rings. The number of imide groups is 1. The summed E-state index contributed by atoms with van der Waals surface area (Å²) in [5, 5.41) is 13.2. The van der Waals surface area contributed by atoms with E-state index in [1.165, 1.54) is 4.90 Å². The van der Waals surface area contributed by atoms with Gasteiger partial charge >= 0.3 is 0 Å². The van der Waals surface area contributed by atoms with Crippen molar-refractivity contribution in [3.63, 3.8) is 0 Å². The Morgan fingerprint density at radius 2 is 1.83 bits per heavy atom. The minimum absolute atomic E-state index is 0.0886. The minimum atomic E-state index is -0.432. The summed E-state index contributed by atoms with van der Waals surface area (Å²) in [6, 6.07) is 6.14. The average Bonchev–Trinajstić information content (AvgIpc) is 3.34. The van der Waals surface area contributed by atoms with Crippen LogP contribution in [0.5, 0.6) is 17.2 Å². The summed E-state index contributed by atoms with van der Waals surface area (Å²) >= 11 is 0. The number of aliphatic hydroxyl groups excluding tert-OH is 1. The van der Waals surface area contributed by atoms with Crippen LogP contribution in [0.2, 0.25) is 0 Å². The maximum Gasteiger partial charge on any atom is 0.261 e. The first-order valence-electron chi connectivity index (χ1n) is 9.86. The Kier molecular flexibility index (Phi) is 4.41. The monoisotopic (exact) mass is 410 g/mol. The molecule has 0 unspecified atom stereocenters. The molecule has 0 saturated carbocycles. The van der Waals surface area contributed by atoms with E-state index in [4.69, 9.17) is 14.2 Å². The molecule has 0 fully saturated rings. The molecule has 2 N–H and O–H groups in total. The van der Waals surface area contributed by atoms with E-state index in [-0.39, 0.29) is 37.8 Å². The molecule has 156 valence electrons. The van der Waals surface area contributed by atoms with E-state index in [0.29, 0.717) is 34.8 Å². The van der Waals surface area contributed by atoms with Gasteiger partial charge in [0.15, 0.2) is 11.5 Å². The van der Waals surface area contributed by atoms with Gasteiger partial charge in [0.05, 0.1) is 30.9 Å². The van der Waals surface area contributed by atoms with E-state index in [2.05, 4.69) is 5.32 Å². The number of ether oxygens (including phenoxy) is 3. The predicted molar refractivity (Wildman–Crippen MR) is 106 cm³/mol. The van der Waals surface area contributed by atoms with Crippen molar-refractivity contribution in [2.75, 3.05) is 27.1 Å². The van der Waals surface area contributed by atoms with Crippen LogP contribution < -0.4 is 19.5 Å². The first-order valence-corrected chi connectivity index (χ1v) is 9.86. The van der Waals surface area contributed by atoms with Crippen LogP contribution in [0.3, 0.4) is 0 Å². The maximum atomic E-state index is 12.9. The van der Waals surface area contributed by atoms with Crippen LogP contribution in [-0.2, 0) is 6.42 Å². The van der Waals surface area contributed by atoms with E-state index < -0.39 is 6.04 Å². The first-order chi connectivity index (χ1) is 14.5. The first kappa shape index (κ1) is 18.9. The van der Waals surface area contributed by atoms with Crippen molar-refractivity contribution in [2.45, 2.75) is 25.4 Å². The zero-order valence-electron chi connectivity index (χ0n) is 16.7. The number of hydrogen-bond acceptors (Lipinski definition) is 7. The number of benzene rings is 2. The second-order valence-corrected chi connectivity index (χ2v) is 7.68. The molecule has 0 bridgehead atoms. The summed E-state index contributed by atoms with van der Waals surface area (Å²) in [5.74, 6) is 1.26. The van der Waals surface area contributed by atoms with Crippen molar-refractivity contribution in [2.24, 2.45) is 0 Å². The van der Waals surface area contributed by atoms with Crippen LogP contribution in [0.1, 0.15) is 43.4 Å². The maximum absolute atomic E-state index is 12.9. The largest absolute Gasteiger partial charge is 0.496 e. The normalized spacial score (nSPS) is 21.6. The molecular weight excluding hydrogens is 388 g/mol. The Morgan fingerprint density at radius 1 is 1.17 bits per heavy atom. The van der Waals surface area contributed by atoms with Gasteiger partial charge in [-0.1, -0.05) is 12.1 Å². The summed E-state index contributed by atoms with van der Waals surface area (Å²) in [6.45, 7) is 2.02. The van der Waals surface area contributed by atoms with E-state index >= 15 is 0 Å². The van der Waals surface area contributed by atoms with Crippen LogP contribution in [-0.4, -0.2) is 54.9 Å². The molecule has 2 aromatic carbocycles. The van der Waals surface area contributed by atoms with Crippen LogP contribution in [0.4, 0.5) is 0 Å². The number of carbonyl (C=O) groups is 2. The summed E-state index contributed by atoms with van der Waals surface area (Å²) < 4.78 is 17.1. The van der Waals surface area contributed by atoms with Gasteiger partial charge in [0.25, 0.3) is 11.8 Å². The minimum Gasteiger partial charge on any atom is -0.496 e. The summed E-state index contributed by atoms with van der Waals surface area (Å²) in [6.07, 6.45) is 0.533. The Hall–Kier alpha value is -3.10. The van der Waals surface area contributed by atoms with Crippen LogP contribution >= 0.6 is 0 Å². The van der Waals surface area contributed by atoms with Gasteiger partial charge in [0, 0.05) is 29.3 Å². The summed E-state index contributed by atoms with van der Waals surface area (Å²) in [5.41, 5.74) is 3.36. The third kappa shape index (κ3) is 2.60. The number of nitrogens with zero attached hydrogens (tertiary/aromatic N) is 1. The Labute approximate surface area is 173 Å². The molecule has 3 aliphatic heterocycles. The van der Waals surface area contributed by atoms with Gasteiger partial charge in [0.2, 0.25) is 6.79 Å². The number of rotatable bonds is 4. The van der Waals surface area contributed by atoms with E-state index in [0.717, 1.165) is 16.7 Å². The van der Waals surface area contributed by atoms with Crippen LogP contribution in [0, 0.1) is 6.92 Å². The third-order valence-electron chi connectivity index (χ3n) is 6.04. The molecule has 0 saturated heterocycles. The number of aliphatic hydroxyl groups is 1. The molecule has 8 heteroatoms. The molecule has 3 heterocycles. The lowest BCUT2D eigenvalue weighted by Crippen LogP contribution is -2.47. The van der Waals surface area contributed by atoms with Gasteiger partial charge < -0.3 is 24.6 Å². The lowest BCUT2D eigenvalue weighted by molar-refractivity contribution is 0.0629. The van der Waals surface area contributed by atoms with Crippen molar-refractivity contribution < 1.29 is 28.9 Å². The van der Waals surface area contributed by atoms with Gasteiger partial charge in [-0.05, 0) is 25.5 Å². The summed E-state index contributed by atoms with van der Waals surface area (Å²) in [7, 11) is 1.60. The number of hydrogen-bond donors (Lipinski definition) is 2. The summed E-state index contributed by atoms with van der Waals surface area (Å²) in [4.78, 5) is 27.1. The quantitative estimate of drug-likeness (QED) is 0.739. The molecule has 5 rings (SSSR count). The molecule has 0 spiro atoms. The predicted octanol–water partition coefficient (Wildman–Crippen LogP) is 1.58. The van der Waals surface area contributed by atoms with Crippen molar-refractivity contribution in [3.8, 4) is 17.2 Å². The number of carbonyl (C=O) groups excluding carboxylic acids is 2. The Bertz CT molecular complexity index is 1030. The van der Waals surface area contributed by atoms with Crippen LogP contribution in [0.15, 0.2) is 24.3 Å².